The van der Waals surface area contributed by atoms with Gasteiger partial charge < -0.3 is 9.84 Å². The van der Waals surface area contributed by atoms with E-state index in [-0.39, 0.29) is 21.5 Å². The summed E-state index contributed by atoms with van der Waals surface area (Å²) in [4.78, 5) is 13.9. The molecule has 0 fully saturated rings. The summed E-state index contributed by atoms with van der Waals surface area (Å²) < 4.78 is 32.3. The van der Waals surface area contributed by atoms with Crippen molar-refractivity contribution in [3.63, 3.8) is 0 Å². The van der Waals surface area contributed by atoms with Crippen molar-refractivity contribution in [3.05, 3.63) is 70.6 Å². The van der Waals surface area contributed by atoms with Crippen LogP contribution in [0.15, 0.2) is 62.8 Å². The molecule has 0 atom stereocenters. The molecule has 0 radical (unpaired) electrons. The summed E-state index contributed by atoms with van der Waals surface area (Å²) in [5.41, 5.74) is 1.47. The minimum absolute atomic E-state index is 0.0734. The number of aromatic nitrogens is 1. The minimum atomic E-state index is -3.68. The maximum Gasteiger partial charge on any atom is 0.256 e. The van der Waals surface area contributed by atoms with E-state index in [0.717, 1.165) is 10.6 Å². The number of nitrogens with one attached hydrogen (secondary N) is 1. The van der Waals surface area contributed by atoms with E-state index in [9.17, 15) is 13.2 Å². The minimum Gasteiger partial charge on any atom is -0.360 e. The summed E-state index contributed by atoms with van der Waals surface area (Å²) in [6.07, 6.45) is 0. The molecule has 1 heterocycles. The average Bonchev–Trinajstić information content (AvgIpc) is 3.19. The summed E-state index contributed by atoms with van der Waals surface area (Å²) in [7, 11) is -3.68. The molecule has 10 heteroatoms. The smallest absolute Gasteiger partial charge is 0.256 e. The van der Waals surface area contributed by atoms with Crippen molar-refractivity contribution in [3.8, 4) is 0 Å². The van der Waals surface area contributed by atoms with Crippen LogP contribution in [0.4, 0.5) is 5.69 Å². The number of carbonyl (C=O) groups excluding carboxylic acids is 1. The number of carbonyl (C=O) groups is 1. The molecule has 1 N–H and O–H groups in total. The Morgan fingerprint density at radius 3 is 2.53 bits per heavy atom. The molecule has 0 aliphatic carbocycles. The number of anilines is 1. The van der Waals surface area contributed by atoms with E-state index in [1.807, 2.05) is 25.1 Å². The predicted octanol–water partition coefficient (Wildman–Crippen LogP) is 5.21. The van der Waals surface area contributed by atoms with Gasteiger partial charge in [0.25, 0.3) is 5.91 Å². The van der Waals surface area contributed by atoms with Crippen molar-refractivity contribution >= 4 is 45.0 Å². The number of sulfonamides is 1. The molecule has 0 aliphatic rings. The molecule has 0 unspecified atom stereocenters. The van der Waals surface area contributed by atoms with Gasteiger partial charge in [-0.1, -0.05) is 42.7 Å². The summed E-state index contributed by atoms with van der Waals surface area (Å²) in [5, 5.41) is 6.87. The fourth-order valence-corrected chi connectivity index (χ4v) is 5.65. The molecule has 2 aromatic carbocycles. The Kier molecular flexibility index (Phi) is 8.00. The second kappa shape index (κ2) is 10.5. The molecular weight excluding hydrogens is 470 g/mol. The van der Waals surface area contributed by atoms with Gasteiger partial charge in [0.1, 0.15) is 5.76 Å². The first-order valence-electron chi connectivity index (χ1n) is 10.0. The summed E-state index contributed by atoms with van der Waals surface area (Å²) >= 11 is 7.70. The summed E-state index contributed by atoms with van der Waals surface area (Å²) in [6, 6.07) is 13.3. The van der Waals surface area contributed by atoms with Gasteiger partial charge in [0.15, 0.2) is 0 Å². The third kappa shape index (κ3) is 5.53. The van der Waals surface area contributed by atoms with Gasteiger partial charge in [-0.15, -0.1) is 11.8 Å². The Morgan fingerprint density at radius 2 is 1.88 bits per heavy atom. The van der Waals surface area contributed by atoms with Crippen LogP contribution in [0.25, 0.3) is 0 Å². The quantitative estimate of drug-likeness (QED) is 0.411. The van der Waals surface area contributed by atoms with Crippen molar-refractivity contribution in [2.45, 2.75) is 36.3 Å². The van der Waals surface area contributed by atoms with Crippen LogP contribution >= 0.6 is 23.4 Å². The number of nitrogens with zero attached hydrogens (tertiary/aromatic N) is 2. The fraction of sp³-hybridized carbons (Fsp3) is 0.273. The first kappa shape index (κ1) is 24.3. The zero-order chi connectivity index (χ0) is 23.3. The second-order valence-corrected chi connectivity index (χ2v) is 10.3. The van der Waals surface area contributed by atoms with Gasteiger partial charge in [-0.3, -0.25) is 4.79 Å². The lowest BCUT2D eigenvalue weighted by Gasteiger charge is -2.19. The van der Waals surface area contributed by atoms with Crippen LogP contribution < -0.4 is 5.32 Å². The number of hydrogen-bond donors (Lipinski definition) is 1. The molecule has 7 nitrogen and oxygen atoms in total. The highest BCUT2D eigenvalue weighted by atomic mass is 35.5. The number of hydrogen-bond acceptors (Lipinski definition) is 6. The number of aryl methyl sites for hydroxylation is 1. The standard InChI is InChI=1S/C22H24ClN3O4S2/c1-4-26(5-2)32(28,29)17-10-11-19(23)20(13-17)24-22(27)18-8-6-7-9-21(18)31-14-16-12-15(3)25-30-16/h6-13H,4-5,14H2,1-3H3,(H,24,27). The van der Waals surface area contributed by atoms with Crippen molar-refractivity contribution in [1.29, 1.82) is 0 Å². The van der Waals surface area contributed by atoms with Crippen molar-refractivity contribution in [2.75, 3.05) is 18.4 Å². The van der Waals surface area contributed by atoms with Gasteiger partial charge >= 0.3 is 0 Å². The molecule has 0 aliphatic heterocycles. The van der Waals surface area contributed by atoms with Gasteiger partial charge in [0, 0.05) is 24.1 Å². The Bertz CT molecular complexity index is 1210. The second-order valence-electron chi connectivity index (χ2n) is 6.90. The lowest BCUT2D eigenvalue weighted by Crippen LogP contribution is -2.30. The predicted molar refractivity (Wildman–Crippen MR) is 127 cm³/mol. The van der Waals surface area contributed by atoms with E-state index in [2.05, 4.69) is 10.5 Å². The topological polar surface area (TPSA) is 92.5 Å². The number of benzene rings is 2. The normalized spacial score (nSPS) is 11.7. The molecule has 170 valence electrons. The van der Waals surface area contributed by atoms with Crippen LogP contribution in [0.3, 0.4) is 0 Å². The van der Waals surface area contributed by atoms with E-state index in [1.165, 1.54) is 34.3 Å². The van der Waals surface area contributed by atoms with Gasteiger partial charge in [-0.25, -0.2) is 8.42 Å². The molecule has 0 saturated heterocycles. The Morgan fingerprint density at radius 1 is 1.16 bits per heavy atom. The van der Waals surface area contributed by atoms with Crippen LogP contribution in [0, 0.1) is 6.92 Å². The molecule has 0 bridgehead atoms. The van der Waals surface area contributed by atoms with E-state index < -0.39 is 10.0 Å². The Hall–Kier alpha value is -2.33. The molecule has 0 spiro atoms. The number of thioether (sulfide) groups is 1. The van der Waals surface area contributed by atoms with Crippen LogP contribution in [0.2, 0.25) is 5.02 Å². The maximum absolute atomic E-state index is 13.0. The first-order chi connectivity index (χ1) is 15.3. The fourth-order valence-electron chi connectivity index (χ4n) is 3.08. The third-order valence-electron chi connectivity index (χ3n) is 4.71. The van der Waals surface area contributed by atoms with Gasteiger partial charge in [-0.05, 0) is 37.3 Å². The van der Waals surface area contributed by atoms with Crippen molar-refractivity contribution < 1.29 is 17.7 Å². The van der Waals surface area contributed by atoms with Gasteiger partial charge in [0.2, 0.25) is 10.0 Å². The number of halogens is 1. The SMILES string of the molecule is CCN(CC)S(=O)(=O)c1ccc(Cl)c(NC(=O)c2ccccc2SCc2cc(C)no2)c1. The lowest BCUT2D eigenvalue weighted by molar-refractivity contribution is 0.102. The number of rotatable bonds is 9. The van der Waals surface area contributed by atoms with Crippen molar-refractivity contribution in [2.24, 2.45) is 0 Å². The van der Waals surface area contributed by atoms with E-state index in [0.29, 0.717) is 30.2 Å². The average molecular weight is 494 g/mol. The maximum atomic E-state index is 13.0. The molecule has 3 rings (SSSR count). The monoisotopic (exact) mass is 493 g/mol. The Labute approximate surface area is 197 Å². The zero-order valence-corrected chi connectivity index (χ0v) is 20.4. The molecule has 0 saturated carbocycles. The highest BCUT2D eigenvalue weighted by molar-refractivity contribution is 7.98. The number of amides is 1. The lowest BCUT2D eigenvalue weighted by atomic mass is 10.2. The van der Waals surface area contributed by atoms with Gasteiger partial charge in [0.05, 0.1) is 32.6 Å². The van der Waals surface area contributed by atoms with Gasteiger partial charge in [-0.2, -0.15) is 4.31 Å². The molecule has 1 aromatic heterocycles. The zero-order valence-electron chi connectivity index (χ0n) is 18.0. The third-order valence-corrected chi connectivity index (χ3v) is 8.18. The molecule has 3 aromatic rings. The summed E-state index contributed by atoms with van der Waals surface area (Å²) in [5.74, 6) is 0.838. The molecule has 1 amide bonds. The van der Waals surface area contributed by atoms with E-state index in [1.54, 1.807) is 26.0 Å². The van der Waals surface area contributed by atoms with Crippen LogP contribution in [0.5, 0.6) is 0 Å². The van der Waals surface area contributed by atoms with Crippen LogP contribution in [0.1, 0.15) is 35.7 Å². The molecule has 32 heavy (non-hydrogen) atoms. The highest BCUT2D eigenvalue weighted by Gasteiger charge is 2.23. The van der Waals surface area contributed by atoms with E-state index >= 15 is 0 Å². The summed E-state index contributed by atoms with van der Waals surface area (Å²) in [6.45, 7) is 6.08. The first-order valence-corrected chi connectivity index (χ1v) is 12.8. The highest BCUT2D eigenvalue weighted by Crippen LogP contribution is 2.30. The van der Waals surface area contributed by atoms with Crippen molar-refractivity contribution in [1.82, 2.24) is 9.46 Å². The van der Waals surface area contributed by atoms with E-state index in [4.69, 9.17) is 16.1 Å². The van der Waals surface area contributed by atoms with Crippen LogP contribution in [-0.2, 0) is 15.8 Å². The largest absolute Gasteiger partial charge is 0.360 e. The molecular formula is C22H24ClN3O4S2. The van der Waals surface area contributed by atoms with Crippen LogP contribution in [-0.4, -0.2) is 36.9 Å². The Balaban J connectivity index is 1.83.